The smallest absolute Gasteiger partial charge is 0.239 e. The molecule has 1 amide bonds. The van der Waals surface area contributed by atoms with Gasteiger partial charge in [-0.3, -0.25) is 4.79 Å². The summed E-state index contributed by atoms with van der Waals surface area (Å²) in [5.74, 6) is 0.222. The highest BCUT2D eigenvalue weighted by Gasteiger charge is 2.30. The average Bonchev–Trinajstić information content (AvgIpc) is 2.83. The fraction of sp³-hybridized carbons (Fsp3) is 0.929. The van der Waals surface area contributed by atoms with Crippen molar-refractivity contribution in [2.75, 3.05) is 32.8 Å². The third-order valence-electron chi connectivity index (χ3n) is 4.34. The Bertz CT molecular complexity index is 282. The zero-order valence-corrected chi connectivity index (χ0v) is 11.7. The molecule has 1 aliphatic carbocycles. The van der Waals surface area contributed by atoms with Gasteiger partial charge in [0.1, 0.15) is 0 Å². The summed E-state index contributed by atoms with van der Waals surface area (Å²) in [7, 11) is 0. The molecule has 0 aromatic rings. The molecule has 2 aliphatic rings. The highest BCUT2D eigenvalue weighted by Crippen LogP contribution is 2.36. The largest absolute Gasteiger partial charge is 0.378 e. The van der Waals surface area contributed by atoms with Gasteiger partial charge in [0.05, 0.1) is 19.3 Å². The lowest BCUT2D eigenvalue weighted by Gasteiger charge is -2.31. The maximum Gasteiger partial charge on any atom is 0.239 e. The van der Waals surface area contributed by atoms with E-state index in [4.69, 9.17) is 4.74 Å². The van der Waals surface area contributed by atoms with Crippen LogP contribution >= 0.6 is 0 Å². The van der Waals surface area contributed by atoms with E-state index in [2.05, 4.69) is 12.2 Å². The van der Waals surface area contributed by atoms with E-state index in [9.17, 15) is 4.79 Å². The van der Waals surface area contributed by atoms with Crippen LogP contribution in [-0.2, 0) is 9.53 Å². The lowest BCUT2D eigenvalue weighted by Crippen LogP contribution is -2.50. The van der Waals surface area contributed by atoms with E-state index in [1.165, 1.54) is 25.7 Å². The highest BCUT2D eigenvalue weighted by atomic mass is 16.5. The molecule has 1 unspecified atom stereocenters. The van der Waals surface area contributed by atoms with Crippen LogP contribution in [0.3, 0.4) is 0 Å². The standard InChI is InChI=1S/C14H26N2O2/c1-12(13(17)16-7-9-18-10-8-16)15-11-14(2)5-3-4-6-14/h12,15H,3-11H2,1-2H3. The van der Waals surface area contributed by atoms with E-state index in [0.29, 0.717) is 18.6 Å². The summed E-state index contributed by atoms with van der Waals surface area (Å²) < 4.78 is 5.27. The van der Waals surface area contributed by atoms with Crippen LogP contribution in [0.1, 0.15) is 39.5 Å². The Kier molecular flexibility index (Phi) is 4.62. The zero-order valence-electron chi connectivity index (χ0n) is 11.7. The van der Waals surface area contributed by atoms with E-state index in [-0.39, 0.29) is 11.9 Å². The topological polar surface area (TPSA) is 41.6 Å². The van der Waals surface area contributed by atoms with Crippen LogP contribution in [0.4, 0.5) is 0 Å². The van der Waals surface area contributed by atoms with Crippen LogP contribution in [0.15, 0.2) is 0 Å². The molecule has 1 aliphatic heterocycles. The first kappa shape index (κ1) is 13.8. The van der Waals surface area contributed by atoms with Crippen LogP contribution in [-0.4, -0.2) is 49.7 Å². The van der Waals surface area contributed by atoms with E-state index >= 15 is 0 Å². The number of nitrogens with one attached hydrogen (secondary N) is 1. The van der Waals surface area contributed by atoms with E-state index in [1.807, 2.05) is 11.8 Å². The first-order valence-electron chi connectivity index (χ1n) is 7.21. The van der Waals surface area contributed by atoms with E-state index in [0.717, 1.165) is 19.6 Å². The Hall–Kier alpha value is -0.610. The van der Waals surface area contributed by atoms with Crippen LogP contribution in [0.5, 0.6) is 0 Å². The molecular weight excluding hydrogens is 228 g/mol. The Labute approximate surface area is 110 Å². The van der Waals surface area contributed by atoms with E-state index < -0.39 is 0 Å². The summed E-state index contributed by atoms with van der Waals surface area (Å²) in [5.41, 5.74) is 0.402. The quantitative estimate of drug-likeness (QED) is 0.824. The minimum atomic E-state index is -0.0690. The van der Waals surface area contributed by atoms with Gasteiger partial charge in [0, 0.05) is 19.6 Å². The maximum atomic E-state index is 12.2. The minimum Gasteiger partial charge on any atom is -0.378 e. The molecule has 1 atom stereocenters. The van der Waals surface area contributed by atoms with Crippen molar-refractivity contribution in [3.63, 3.8) is 0 Å². The van der Waals surface area contributed by atoms with Crippen molar-refractivity contribution in [3.8, 4) is 0 Å². The maximum absolute atomic E-state index is 12.2. The number of nitrogens with zero attached hydrogens (tertiary/aromatic N) is 1. The van der Waals surface area contributed by atoms with Crippen molar-refractivity contribution in [2.45, 2.75) is 45.6 Å². The number of morpholine rings is 1. The van der Waals surface area contributed by atoms with Crippen molar-refractivity contribution in [1.82, 2.24) is 10.2 Å². The number of carbonyl (C=O) groups is 1. The van der Waals surface area contributed by atoms with Crippen LogP contribution in [0.25, 0.3) is 0 Å². The minimum absolute atomic E-state index is 0.0690. The molecule has 0 radical (unpaired) electrons. The van der Waals surface area contributed by atoms with Crippen LogP contribution < -0.4 is 5.32 Å². The summed E-state index contributed by atoms with van der Waals surface area (Å²) in [6.45, 7) is 8.11. The Balaban J connectivity index is 1.76. The third-order valence-corrected chi connectivity index (χ3v) is 4.34. The number of carbonyl (C=O) groups excluding carboxylic acids is 1. The first-order chi connectivity index (χ1) is 8.61. The number of amides is 1. The van der Waals surface area contributed by atoms with Gasteiger partial charge >= 0.3 is 0 Å². The van der Waals surface area contributed by atoms with Gasteiger partial charge in [-0.1, -0.05) is 19.8 Å². The molecule has 0 aromatic heterocycles. The zero-order chi connectivity index (χ0) is 13.0. The molecule has 4 nitrogen and oxygen atoms in total. The van der Waals surface area contributed by atoms with Gasteiger partial charge in [0.25, 0.3) is 0 Å². The summed E-state index contributed by atoms with van der Waals surface area (Å²) in [6, 6.07) is -0.0690. The third kappa shape index (κ3) is 3.45. The summed E-state index contributed by atoms with van der Waals surface area (Å²) >= 11 is 0. The molecule has 0 aromatic carbocycles. The summed E-state index contributed by atoms with van der Waals surface area (Å²) in [4.78, 5) is 14.1. The normalized spacial score (nSPS) is 25.1. The van der Waals surface area contributed by atoms with Crippen LogP contribution in [0, 0.1) is 5.41 Å². The van der Waals surface area contributed by atoms with Gasteiger partial charge in [-0.05, 0) is 25.2 Å². The second-order valence-electron chi connectivity index (χ2n) is 6.06. The molecule has 1 N–H and O–H groups in total. The molecule has 4 heteroatoms. The summed E-state index contributed by atoms with van der Waals surface area (Å²) in [6.07, 6.45) is 5.25. The number of ether oxygens (including phenoxy) is 1. The molecule has 2 rings (SSSR count). The van der Waals surface area contributed by atoms with Crippen molar-refractivity contribution >= 4 is 5.91 Å². The molecule has 104 valence electrons. The van der Waals surface area contributed by atoms with Crippen molar-refractivity contribution in [2.24, 2.45) is 5.41 Å². The van der Waals surface area contributed by atoms with E-state index in [1.54, 1.807) is 0 Å². The Morgan fingerprint density at radius 3 is 2.56 bits per heavy atom. The highest BCUT2D eigenvalue weighted by molar-refractivity contribution is 5.81. The van der Waals surface area contributed by atoms with Crippen LogP contribution in [0.2, 0.25) is 0 Å². The molecule has 0 spiro atoms. The first-order valence-corrected chi connectivity index (χ1v) is 7.21. The van der Waals surface area contributed by atoms with Gasteiger partial charge in [0.2, 0.25) is 5.91 Å². The molecule has 1 heterocycles. The summed E-state index contributed by atoms with van der Waals surface area (Å²) in [5, 5.41) is 3.43. The second-order valence-corrected chi connectivity index (χ2v) is 6.06. The van der Waals surface area contributed by atoms with Crippen molar-refractivity contribution in [1.29, 1.82) is 0 Å². The molecule has 1 saturated carbocycles. The average molecular weight is 254 g/mol. The van der Waals surface area contributed by atoms with Gasteiger partial charge < -0.3 is 15.0 Å². The monoisotopic (exact) mass is 254 g/mol. The number of hydrogen-bond acceptors (Lipinski definition) is 3. The Morgan fingerprint density at radius 1 is 1.33 bits per heavy atom. The molecule has 1 saturated heterocycles. The number of hydrogen-bond donors (Lipinski definition) is 1. The van der Waals surface area contributed by atoms with Crippen molar-refractivity contribution < 1.29 is 9.53 Å². The predicted molar refractivity (Wildman–Crippen MR) is 71.4 cm³/mol. The van der Waals surface area contributed by atoms with Crippen molar-refractivity contribution in [3.05, 3.63) is 0 Å². The molecular formula is C14H26N2O2. The molecule has 2 fully saturated rings. The Morgan fingerprint density at radius 2 is 1.94 bits per heavy atom. The van der Waals surface area contributed by atoms with Gasteiger partial charge in [-0.2, -0.15) is 0 Å². The SMILES string of the molecule is CC(NCC1(C)CCCC1)C(=O)N1CCOCC1. The molecule has 18 heavy (non-hydrogen) atoms. The molecule has 0 bridgehead atoms. The van der Waals surface area contributed by atoms with Gasteiger partial charge in [-0.25, -0.2) is 0 Å². The fourth-order valence-corrected chi connectivity index (χ4v) is 2.95. The lowest BCUT2D eigenvalue weighted by molar-refractivity contribution is -0.137. The lowest BCUT2D eigenvalue weighted by atomic mass is 9.88. The fourth-order valence-electron chi connectivity index (χ4n) is 2.95. The van der Waals surface area contributed by atoms with Gasteiger partial charge in [0.15, 0.2) is 0 Å². The number of rotatable bonds is 4. The van der Waals surface area contributed by atoms with Gasteiger partial charge in [-0.15, -0.1) is 0 Å². The predicted octanol–water partition coefficient (Wildman–Crippen LogP) is 1.40. The second kappa shape index (κ2) is 6.02.